The molecule has 0 aliphatic rings. The van der Waals surface area contributed by atoms with Gasteiger partial charge in [-0.25, -0.2) is 4.39 Å². The lowest BCUT2D eigenvalue weighted by Crippen LogP contribution is -1.89. The van der Waals surface area contributed by atoms with Gasteiger partial charge < -0.3 is 4.74 Å². The van der Waals surface area contributed by atoms with E-state index in [4.69, 9.17) is 4.74 Å². The van der Waals surface area contributed by atoms with Crippen LogP contribution in [0.15, 0.2) is 42.7 Å². The summed E-state index contributed by atoms with van der Waals surface area (Å²) in [4.78, 5) is 3.95. The Hall–Kier alpha value is -1.90. The van der Waals surface area contributed by atoms with E-state index in [0.29, 0.717) is 5.75 Å². The summed E-state index contributed by atoms with van der Waals surface area (Å²) in [7, 11) is 1.57. The molecule has 0 aliphatic heterocycles. The van der Waals surface area contributed by atoms with E-state index < -0.39 is 0 Å². The number of rotatable bonds is 2. The molecule has 1 heterocycles. The fourth-order valence-corrected chi connectivity index (χ4v) is 1.44. The Morgan fingerprint density at radius 1 is 1.27 bits per heavy atom. The van der Waals surface area contributed by atoms with Crippen LogP contribution in [0.25, 0.3) is 11.1 Å². The van der Waals surface area contributed by atoms with E-state index >= 15 is 0 Å². The minimum atomic E-state index is -0.258. The summed E-state index contributed by atoms with van der Waals surface area (Å²) < 4.78 is 18.2. The number of benzene rings is 1. The lowest BCUT2D eigenvalue weighted by Gasteiger charge is -2.07. The first-order valence-electron chi connectivity index (χ1n) is 4.55. The number of pyridine rings is 1. The Labute approximate surface area is 87.4 Å². The van der Waals surface area contributed by atoms with Gasteiger partial charge in [0, 0.05) is 11.8 Å². The van der Waals surface area contributed by atoms with Gasteiger partial charge in [0.2, 0.25) is 0 Å². The Morgan fingerprint density at radius 3 is 2.87 bits per heavy atom. The largest absolute Gasteiger partial charge is 0.494 e. The van der Waals surface area contributed by atoms with Gasteiger partial charge in [-0.15, -0.1) is 0 Å². The van der Waals surface area contributed by atoms with E-state index in [1.165, 1.54) is 12.1 Å². The smallest absolute Gasteiger partial charge is 0.144 e. The molecule has 0 bridgehead atoms. The standard InChI is InChI=1S/C12H10FNO/c1-15-12-8-14-6-5-11(12)9-3-2-4-10(13)7-9/h2-8H,1H3. The van der Waals surface area contributed by atoms with E-state index in [9.17, 15) is 4.39 Å². The highest BCUT2D eigenvalue weighted by Gasteiger charge is 2.05. The van der Waals surface area contributed by atoms with Gasteiger partial charge >= 0.3 is 0 Å². The van der Waals surface area contributed by atoms with E-state index in [1.54, 1.807) is 31.6 Å². The zero-order chi connectivity index (χ0) is 10.7. The number of methoxy groups -OCH3 is 1. The molecule has 0 atom stereocenters. The highest BCUT2D eigenvalue weighted by molar-refractivity contribution is 5.69. The molecule has 0 amide bonds. The molecular formula is C12H10FNO. The van der Waals surface area contributed by atoms with E-state index in [-0.39, 0.29) is 5.82 Å². The Balaban J connectivity index is 2.53. The number of aromatic nitrogens is 1. The van der Waals surface area contributed by atoms with Crippen molar-refractivity contribution < 1.29 is 9.13 Å². The summed E-state index contributed by atoms with van der Waals surface area (Å²) in [6.45, 7) is 0. The molecule has 0 radical (unpaired) electrons. The van der Waals surface area contributed by atoms with Gasteiger partial charge in [-0.1, -0.05) is 12.1 Å². The van der Waals surface area contributed by atoms with Crippen LogP contribution in [0.3, 0.4) is 0 Å². The molecule has 0 unspecified atom stereocenters. The molecule has 1 aromatic heterocycles. The molecule has 2 nitrogen and oxygen atoms in total. The van der Waals surface area contributed by atoms with Gasteiger partial charge in [0.25, 0.3) is 0 Å². The Kier molecular flexibility index (Phi) is 2.63. The fraction of sp³-hybridized carbons (Fsp3) is 0.0833. The maximum atomic E-state index is 13.0. The van der Waals surface area contributed by atoms with Gasteiger partial charge in [-0.3, -0.25) is 4.98 Å². The van der Waals surface area contributed by atoms with Crippen LogP contribution in [0.1, 0.15) is 0 Å². The maximum Gasteiger partial charge on any atom is 0.144 e. The molecule has 0 saturated carbocycles. The quantitative estimate of drug-likeness (QED) is 0.748. The number of ether oxygens (including phenoxy) is 1. The Morgan fingerprint density at radius 2 is 2.13 bits per heavy atom. The third-order valence-electron chi connectivity index (χ3n) is 2.14. The topological polar surface area (TPSA) is 22.1 Å². The van der Waals surface area contributed by atoms with Crippen LogP contribution in [0.4, 0.5) is 4.39 Å². The zero-order valence-electron chi connectivity index (χ0n) is 8.27. The van der Waals surface area contributed by atoms with Crippen molar-refractivity contribution in [1.29, 1.82) is 0 Å². The van der Waals surface area contributed by atoms with Gasteiger partial charge in [0.1, 0.15) is 11.6 Å². The lowest BCUT2D eigenvalue weighted by atomic mass is 10.1. The van der Waals surface area contributed by atoms with Gasteiger partial charge in [0.05, 0.1) is 13.3 Å². The van der Waals surface area contributed by atoms with Crippen molar-refractivity contribution in [2.75, 3.05) is 7.11 Å². The third-order valence-corrected chi connectivity index (χ3v) is 2.14. The van der Waals surface area contributed by atoms with Crippen LogP contribution in [0.5, 0.6) is 5.75 Å². The van der Waals surface area contributed by atoms with Gasteiger partial charge in [0.15, 0.2) is 0 Å². The summed E-state index contributed by atoms with van der Waals surface area (Å²) in [6, 6.07) is 8.19. The van der Waals surface area contributed by atoms with Crippen LogP contribution in [-0.2, 0) is 0 Å². The van der Waals surface area contributed by atoms with Crippen molar-refractivity contribution in [2.24, 2.45) is 0 Å². The van der Waals surface area contributed by atoms with Crippen molar-refractivity contribution in [3.63, 3.8) is 0 Å². The van der Waals surface area contributed by atoms with Crippen LogP contribution in [-0.4, -0.2) is 12.1 Å². The van der Waals surface area contributed by atoms with Crippen molar-refractivity contribution in [3.8, 4) is 16.9 Å². The first-order valence-corrected chi connectivity index (χ1v) is 4.55. The van der Waals surface area contributed by atoms with Crippen LogP contribution in [0.2, 0.25) is 0 Å². The van der Waals surface area contributed by atoms with Crippen LogP contribution in [0, 0.1) is 5.82 Å². The number of hydrogen-bond acceptors (Lipinski definition) is 2. The zero-order valence-corrected chi connectivity index (χ0v) is 8.27. The Bertz CT molecular complexity index is 471. The summed E-state index contributed by atoms with van der Waals surface area (Å²) in [5.74, 6) is 0.384. The van der Waals surface area contributed by atoms with Crippen LogP contribution < -0.4 is 4.74 Å². The van der Waals surface area contributed by atoms with Crippen molar-refractivity contribution in [1.82, 2.24) is 4.98 Å². The number of hydrogen-bond donors (Lipinski definition) is 0. The average Bonchev–Trinajstić information content (AvgIpc) is 2.29. The fourth-order valence-electron chi connectivity index (χ4n) is 1.44. The highest BCUT2D eigenvalue weighted by Crippen LogP contribution is 2.28. The van der Waals surface area contributed by atoms with Crippen LogP contribution >= 0.6 is 0 Å². The molecule has 76 valence electrons. The second-order valence-corrected chi connectivity index (χ2v) is 3.09. The van der Waals surface area contributed by atoms with Gasteiger partial charge in [-0.2, -0.15) is 0 Å². The molecule has 0 N–H and O–H groups in total. The predicted molar refractivity (Wildman–Crippen MR) is 56.2 cm³/mol. The number of nitrogens with zero attached hydrogens (tertiary/aromatic N) is 1. The normalized spacial score (nSPS) is 10.0. The predicted octanol–water partition coefficient (Wildman–Crippen LogP) is 2.90. The molecule has 0 fully saturated rings. The summed E-state index contributed by atoms with van der Waals surface area (Å²) in [6.07, 6.45) is 3.27. The molecule has 0 spiro atoms. The molecular weight excluding hydrogens is 193 g/mol. The monoisotopic (exact) mass is 203 g/mol. The average molecular weight is 203 g/mol. The highest BCUT2D eigenvalue weighted by atomic mass is 19.1. The number of halogens is 1. The first-order chi connectivity index (χ1) is 7.31. The second-order valence-electron chi connectivity index (χ2n) is 3.09. The third kappa shape index (κ3) is 1.96. The van der Waals surface area contributed by atoms with E-state index in [1.807, 2.05) is 6.07 Å². The maximum absolute atomic E-state index is 13.0. The van der Waals surface area contributed by atoms with E-state index in [0.717, 1.165) is 11.1 Å². The van der Waals surface area contributed by atoms with E-state index in [2.05, 4.69) is 4.98 Å². The molecule has 2 rings (SSSR count). The minimum absolute atomic E-state index is 0.258. The molecule has 3 heteroatoms. The molecule has 0 saturated heterocycles. The van der Waals surface area contributed by atoms with Crippen molar-refractivity contribution >= 4 is 0 Å². The van der Waals surface area contributed by atoms with Crippen molar-refractivity contribution in [2.45, 2.75) is 0 Å². The molecule has 0 aliphatic carbocycles. The summed E-state index contributed by atoms with van der Waals surface area (Å²) in [5, 5.41) is 0. The summed E-state index contributed by atoms with van der Waals surface area (Å²) in [5.41, 5.74) is 1.63. The SMILES string of the molecule is COc1cnccc1-c1cccc(F)c1. The molecule has 15 heavy (non-hydrogen) atoms. The summed E-state index contributed by atoms with van der Waals surface area (Å²) >= 11 is 0. The first kappa shape index (κ1) is 9.65. The molecule has 1 aromatic carbocycles. The van der Waals surface area contributed by atoms with Gasteiger partial charge in [-0.05, 0) is 23.8 Å². The van der Waals surface area contributed by atoms with Crippen molar-refractivity contribution in [3.05, 3.63) is 48.5 Å². The molecule has 2 aromatic rings. The lowest BCUT2D eigenvalue weighted by molar-refractivity contribution is 0.414. The minimum Gasteiger partial charge on any atom is -0.494 e. The second kappa shape index (κ2) is 4.09.